The molecule has 2 aliphatic rings. The van der Waals surface area contributed by atoms with Crippen molar-refractivity contribution >= 4 is 34.2 Å². The van der Waals surface area contributed by atoms with Crippen LogP contribution in [0.1, 0.15) is 18.4 Å². The second kappa shape index (κ2) is 7.99. The van der Waals surface area contributed by atoms with Crippen molar-refractivity contribution in [1.29, 1.82) is 5.26 Å². The van der Waals surface area contributed by atoms with Gasteiger partial charge in [0.2, 0.25) is 0 Å². The number of nitrogens with zero attached hydrogens (tertiary/aromatic N) is 3. The predicted octanol–water partition coefficient (Wildman–Crippen LogP) is 3.90. The summed E-state index contributed by atoms with van der Waals surface area (Å²) >= 11 is 6.26. The van der Waals surface area contributed by atoms with E-state index >= 15 is 0 Å². The second-order valence-electron chi connectivity index (χ2n) is 8.37. The summed E-state index contributed by atoms with van der Waals surface area (Å²) < 4.78 is 19.3. The normalized spacial score (nSPS) is 19.5. The van der Waals surface area contributed by atoms with Gasteiger partial charge in [-0.2, -0.15) is 5.26 Å². The largest absolute Gasteiger partial charge is 0.474 e. The molecule has 1 saturated heterocycles. The van der Waals surface area contributed by atoms with Crippen molar-refractivity contribution in [2.24, 2.45) is 5.41 Å². The number of rotatable bonds is 3. The number of likely N-dealkylation sites (tertiary alicyclic amines) is 1. The van der Waals surface area contributed by atoms with Gasteiger partial charge in [-0.1, -0.05) is 23.7 Å². The van der Waals surface area contributed by atoms with E-state index in [0.29, 0.717) is 60.7 Å². The van der Waals surface area contributed by atoms with Gasteiger partial charge in [-0.25, -0.2) is 9.37 Å². The number of ether oxygens (including phenoxy) is 1. The van der Waals surface area contributed by atoms with E-state index in [4.69, 9.17) is 16.3 Å². The van der Waals surface area contributed by atoms with Gasteiger partial charge < -0.3 is 19.9 Å². The maximum atomic E-state index is 13.2. The van der Waals surface area contributed by atoms with Gasteiger partial charge in [0.05, 0.1) is 35.1 Å². The van der Waals surface area contributed by atoms with Crippen LogP contribution < -0.4 is 10.1 Å². The van der Waals surface area contributed by atoms with Crippen LogP contribution in [0.3, 0.4) is 0 Å². The Morgan fingerprint density at radius 3 is 2.81 bits per heavy atom. The number of anilines is 1. The second-order valence-corrected chi connectivity index (χ2v) is 8.78. The van der Waals surface area contributed by atoms with Gasteiger partial charge in [0.1, 0.15) is 16.9 Å². The van der Waals surface area contributed by atoms with E-state index in [2.05, 4.69) is 21.4 Å². The van der Waals surface area contributed by atoms with E-state index in [1.54, 1.807) is 29.4 Å². The first kappa shape index (κ1) is 20.6. The number of fused-ring (bicyclic) bond motifs is 3. The zero-order valence-corrected chi connectivity index (χ0v) is 18.0. The molecule has 1 unspecified atom stereocenters. The van der Waals surface area contributed by atoms with E-state index in [0.717, 1.165) is 11.3 Å². The number of halogens is 2. The molecule has 2 N–H and O–H groups in total. The summed E-state index contributed by atoms with van der Waals surface area (Å²) in [5.41, 5.74) is 2.33. The molecule has 1 fully saturated rings. The Hall–Kier alpha value is -3.31. The highest BCUT2D eigenvalue weighted by molar-refractivity contribution is 6.35. The molecule has 3 heterocycles. The standard InChI is InChI=1S/C23H21ClFN5O2/c24-16-9-17-21(20-19(16)28-13-29-20)32-18(11-27-17)22(31)30-7-5-23(12-26,6-8-30)10-14-1-3-15(25)4-2-14/h1-4,9,13,18,27H,5-8,10-11H2,(H,28,29). The maximum absolute atomic E-state index is 13.2. The van der Waals surface area contributed by atoms with Gasteiger partial charge in [-0.05, 0) is 43.0 Å². The molecular formula is C23H21ClFN5O2. The first-order valence-electron chi connectivity index (χ1n) is 10.5. The van der Waals surface area contributed by atoms with Crippen molar-refractivity contribution < 1.29 is 13.9 Å². The minimum atomic E-state index is -0.679. The van der Waals surface area contributed by atoms with Gasteiger partial charge in [-0.15, -0.1) is 0 Å². The van der Waals surface area contributed by atoms with Crippen molar-refractivity contribution in [1.82, 2.24) is 14.9 Å². The highest BCUT2D eigenvalue weighted by Crippen LogP contribution is 2.40. The number of benzene rings is 2. The number of amides is 1. The molecule has 1 atom stereocenters. The van der Waals surface area contributed by atoms with Crippen molar-refractivity contribution in [3.8, 4) is 11.8 Å². The average Bonchev–Trinajstić information content (AvgIpc) is 3.32. The number of nitrogens with one attached hydrogen (secondary N) is 2. The Bertz CT molecular complexity index is 1210. The molecule has 1 aromatic heterocycles. The van der Waals surface area contributed by atoms with Crippen LogP contribution in [-0.4, -0.2) is 46.5 Å². The van der Waals surface area contributed by atoms with E-state index in [1.165, 1.54) is 12.1 Å². The molecule has 3 aromatic rings. The van der Waals surface area contributed by atoms with Crippen LogP contribution in [0.2, 0.25) is 5.02 Å². The molecule has 0 bridgehead atoms. The number of aromatic amines is 1. The van der Waals surface area contributed by atoms with Crippen LogP contribution in [0.25, 0.3) is 11.0 Å². The van der Waals surface area contributed by atoms with Crippen molar-refractivity contribution in [2.45, 2.75) is 25.4 Å². The van der Waals surface area contributed by atoms with Gasteiger partial charge in [0.25, 0.3) is 5.91 Å². The van der Waals surface area contributed by atoms with Crippen LogP contribution in [0.4, 0.5) is 10.1 Å². The topological polar surface area (TPSA) is 94.0 Å². The molecule has 164 valence electrons. The third kappa shape index (κ3) is 3.63. The number of carbonyl (C=O) groups is 1. The van der Waals surface area contributed by atoms with Crippen LogP contribution >= 0.6 is 11.6 Å². The average molecular weight is 454 g/mol. The van der Waals surface area contributed by atoms with Gasteiger partial charge in [0.15, 0.2) is 11.9 Å². The number of H-pyrrole nitrogens is 1. The molecule has 2 aromatic carbocycles. The highest BCUT2D eigenvalue weighted by Gasteiger charge is 2.39. The van der Waals surface area contributed by atoms with Crippen LogP contribution in [0, 0.1) is 22.6 Å². The lowest BCUT2D eigenvalue weighted by atomic mass is 9.75. The monoisotopic (exact) mass is 453 g/mol. The minimum absolute atomic E-state index is 0.112. The van der Waals surface area contributed by atoms with Crippen molar-refractivity contribution in [2.75, 3.05) is 25.0 Å². The zero-order chi connectivity index (χ0) is 22.3. The molecule has 5 rings (SSSR count). The first-order chi connectivity index (χ1) is 15.5. The predicted molar refractivity (Wildman–Crippen MR) is 118 cm³/mol. The summed E-state index contributed by atoms with van der Waals surface area (Å²) in [6, 6.07) is 10.5. The van der Waals surface area contributed by atoms with Gasteiger partial charge >= 0.3 is 0 Å². The number of hydrogen-bond donors (Lipinski definition) is 2. The van der Waals surface area contributed by atoms with E-state index < -0.39 is 11.5 Å². The summed E-state index contributed by atoms with van der Waals surface area (Å²) in [6.45, 7) is 1.28. The minimum Gasteiger partial charge on any atom is -0.474 e. The Morgan fingerprint density at radius 1 is 1.34 bits per heavy atom. The summed E-state index contributed by atoms with van der Waals surface area (Å²) in [6.07, 6.45) is 2.52. The molecule has 0 saturated carbocycles. The quantitative estimate of drug-likeness (QED) is 0.627. The Labute approximate surface area is 189 Å². The van der Waals surface area contributed by atoms with Gasteiger partial charge in [0, 0.05) is 13.1 Å². The lowest BCUT2D eigenvalue weighted by Crippen LogP contribution is -2.51. The fourth-order valence-electron chi connectivity index (χ4n) is 4.50. The third-order valence-electron chi connectivity index (χ3n) is 6.35. The van der Waals surface area contributed by atoms with Crippen LogP contribution in [-0.2, 0) is 11.2 Å². The van der Waals surface area contributed by atoms with E-state index in [9.17, 15) is 14.4 Å². The number of hydrogen-bond acceptors (Lipinski definition) is 5. The first-order valence-corrected chi connectivity index (χ1v) is 10.9. The fourth-order valence-corrected chi connectivity index (χ4v) is 4.75. The molecule has 2 aliphatic heterocycles. The molecule has 0 spiro atoms. The van der Waals surface area contributed by atoms with Crippen LogP contribution in [0.15, 0.2) is 36.7 Å². The number of nitriles is 1. The maximum Gasteiger partial charge on any atom is 0.265 e. The van der Waals surface area contributed by atoms with E-state index in [-0.39, 0.29) is 11.7 Å². The molecule has 1 amide bonds. The van der Waals surface area contributed by atoms with Crippen LogP contribution in [0.5, 0.6) is 5.75 Å². The number of aromatic nitrogens is 2. The molecule has 0 aliphatic carbocycles. The number of imidazole rings is 1. The third-order valence-corrected chi connectivity index (χ3v) is 6.64. The smallest absolute Gasteiger partial charge is 0.265 e. The lowest BCUT2D eigenvalue weighted by Gasteiger charge is -2.39. The summed E-state index contributed by atoms with van der Waals surface area (Å²) in [7, 11) is 0. The SMILES string of the molecule is N#CC1(Cc2ccc(F)cc2)CCN(C(=O)C2CNc3cc(Cl)c4nc[nH]c4c3O2)CC1. The summed E-state index contributed by atoms with van der Waals surface area (Å²) in [4.78, 5) is 22.2. The van der Waals surface area contributed by atoms with Gasteiger partial charge in [-0.3, -0.25) is 4.79 Å². The summed E-state index contributed by atoms with van der Waals surface area (Å²) in [5.74, 6) is 0.128. The Morgan fingerprint density at radius 2 is 2.09 bits per heavy atom. The number of piperidine rings is 1. The zero-order valence-electron chi connectivity index (χ0n) is 17.2. The molecule has 32 heavy (non-hydrogen) atoms. The van der Waals surface area contributed by atoms with Crippen molar-refractivity contribution in [3.05, 3.63) is 53.1 Å². The molecule has 9 heteroatoms. The summed E-state index contributed by atoms with van der Waals surface area (Å²) in [5, 5.41) is 13.6. The van der Waals surface area contributed by atoms with E-state index in [1.807, 2.05) is 0 Å². The molecule has 0 radical (unpaired) electrons. The highest BCUT2D eigenvalue weighted by atomic mass is 35.5. The van der Waals surface area contributed by atoms with Crippen molar-refractivity contribution in [3.63, 3.8) is 0 Å². The fraction of sp³-hybridized carbons (Fsp3) is 0.348. The Balaban J connectivity index is 1.27. The lowest BCUT2D eigenvalue weighted by molar-refractivity contribution is -0.140. The molecule has 7 nitrogen and oxygen atoms in total. The number of carbonyl (C=O) groups excluding carboxylic acids is 1. The Kier molecular flexibility index (Phi) is 5.14. The molecular weight excluding hydrogens is 433 g/mol.